The predicted molar refractivity (Wildman–Crippen MR) is 116 cm³/mol. The first-order valence-corrected chi connectivity index (χ1v) is 11.1. The summed E-state index contributed by atoms with van der Waals surface area (Å²) in [6.07, 6.45) is 9.94. The Morgan fingerprint density at radius 3 is 2.90 bits per heavy atom. The van der Waals surface area contributed by atoms with Crippen LogP contribution in [0, 0.1) is 17.2 Å². The molecule has 0 spiro atoms. The molecule has 0 amide bonds. The number of hydrogen-bond acceptors (Lipinski definition) is 5. The molecule has 0 saturated carbocycles. The molecule has 31 heavy (non-hydrogen) atoms. The van der Waals surface area contributed by atoms with Gasteiger partial charge in [-0.15, -0.1) is 0 Å². The van der Waals surface area contributed by atoms with Crippen LogP contribution in [-0.4, -0.2) is 28.0 Å². The quantitative estimate of drug-likeness (QED) is 0.605. The zero-order chi connectivity index (χ0) is 21.0. The molecule has 3 aromatic rings. The Morgan fingerprint density at radius 2 is 2.10 bits per heavy atom. The molecule has 6 heteroatoms. The molecule has 2 atom stereocenters. The van der Waals surface area contributed by atoms with Crippen molar-refractivity contribution in [2.75, 3.05) is 13.2 Å². The average molecular weight is 415 g/mol. The molecule has 1 aliphatic heterocycles. The molecule has 2 unspecified atom stereocenters. The van der Waals surface area contributed by atoms with Gasteiger partial charge < -0.3 is 9.47 Å². The van der Waals surface area contributed by atoms with E-state index in [-0.39, 0.29) is 6.23 Å². The van der Waals surface area contributed by atoms with Crippen LogP contribution in [0.3, 0.4) is 0 Å². The van der Waals surface area contributed by atoms with Crippen LogP contribution in [0.25, 0.3) is 11.4 Å². The fourth-order valence-electron chi connectivity index (χ4n) is 4.54. The van der Waals surface area contributed by atoms with E-state index in [1.165, 1.54) is 11.1 Å². The van der Waals surface area contributed by atoms with E-state index in [9.17, 15) is 0 Å². The molecule has 0 radical (unpaired) electrons. The minimum atomic E-state index is -0.00722. The highest BCUT2D eigenvalue weighted by Crippen LogP contribution is 2.29. The van der Waals surface area contributed by atoms with E-state index in [1.54, 1.807) is 12.4 Å². The Labute approximate surface area is 182 Å². The number of nitriles is 1. The summed E-state index contributed by atoms with van der Waals surface area (Å²) < 4.78 is 13.9. The second-order valence-corrected chi connectivity index (χ2v) is 8.38. The molecule has 158 valence electrons. The van der Waals surface area contributed by atoms with Crippen molar-refractivity contribution in [1.82, 2.24) is 14.8 Å². The Balaban J connectivity index is 1.22. The van der Waals surface area contributed by atoms with Crippen LogP contribution >= 0.6 is 0 Å². The molecular weight excluding hydrogens is 388 g/mol. The normalized spacial score (nSPS) is 20.6. The summed E-state index contributed by atoms with van der Waals surface area (Å²) in [5.74, 6) is 1.23. The van der Waals surface area contributed by atoms with Crippen molar-refractivity contribution in [3.8, 4) is 23.2 Å². The van der Waals surface area contributed by atoms with Gasteiger partial charge in [0.25, 0.3) is 0 Å². The molecule has 1 fully saturated rings. The summed E-state index contributed by atoms with van der Waals surface area (Å²) in [5, 5.41) is 13.6. The number of aromatic nitrogens is 3. The van der Waals surface area contributed by atoms with Gasteiger partial charge in [0, 0.05) is 12.8 Å². The number of fused-ring (bicyclic) bond motifs is 1. The smallest absolute Gasteiger partial charge is 0.150 e. The van der Waals surface area contributed by atoms with E-state index in [2.05, 4.69) is 22.2 Å². The Kier molecular flexibility index (Phi) is 5.68. The van der Waals surface area contributed by atoms with Gasteiger partial charge in [-0.3, -0.25) is 4.98 Å². The third kappa shape index (κ3) is 4.33. The molecule has 5 rings (SSSR count). The Bertz CT molecular complexity index is 1080. The van der Waals surface area contributed by atoms with Crippen molar-refractivity contribution in [1.29, 1.82) is 5.26 Å². The van der Waals surface area contributed by atoms with Gasteiger partial charge in [-0.05, 0) is 85.9 Å². The minimum absolute atomic E-state index is 0.00722. The summed E-state index contributed by atoms with van der Waals surface area (Å²) in [6.45, 7) is 1.44. The number of nitrogens with zero attached hydrogens (tertiary/aromatic N) is 4. The Hall–Kier alpha value is -3.17. The van der Waals surface area contributed by atoms with Crippen molar-refractivity contribution in [2.45, 2.75) is 44.8 Å². The highest BCUT2D eigenvalue weighted by molar-refractivity contribution is 5.54. The lowest BCUT2D eigenvalue weighted by Gasteiger charge is -2.25. The number of pyridine rings is 1. The summed E-state index contributed by atoms with van der Waals surface area (Å²) in [6, 6.07) is 14.2. The van der Waals surface area contributed by atoms with Gasteiger partial charge in [0.15, 0.2) is 6.23 Å². The number of ether oxygens (including phenoxy) is 2. The maximum atomic E-state index is 9.15. The molecule has 2 aliphatic rings. The van der Waals surface area contributed by atoms with E-state index in [4.69, 9.17) is 14.7 Å². The largest absolute Gasteiger partial charge is 0.492 e. The topological polar surface area (TPSA) is 73.0 Å². The zero-order valence-corrected chi connectivity index (χ0v) is 17.5. The van der Waals surface area contributed by atoms with E-state index < -0.39 is 0 Å². The lowest BCUT2D eigenvalue weighted by Crippen LogP contribution is -2.21. The predicted octanol–water partition coefficient (Wildman–Crippen LogP) is 4.70. The Morgan fingerprint density at radius 1 is 1.13 bits per heavy atom. The number of benzene rings is 1. The van der Waals surface area contributed by atoms with Crippen LogP contribution in [-0.2, 0) is 17.6 Å². The fourth-order valence-corrected chi connectivity index (χ4v) is 4.54. The van der Waals surface area contributed by atoms with E-state index in [0.29, 0.717) is 12.5 Å². The van der Waals surface area contributed by atoms with Gasteiger partial charge in [0.2, 0.25) is 0 Å². The highest BCUT2D eigenvalue weighted by atomic mass is 16.5. The van der Waals surface area contributed by atoms with Gasteiger partial charge in [0.1, 0.15) is 5.75 Å². The van der Waals surface area contributed by atoms with Crippen LogP contribution in [0.2, 0.25) is 0 Å². The van der Waals surface area contributed by atoms with Crippen molar-refractivity contribution in [3.05, 3.63) is 65.5 Å². The minimum Gasteiger partial charge on any atom is -0.492 e. The van der Waals surface area contributed by atoms with Gasteiger partial charge in [-0.25, -0.2) is 4.68 Å². The van der Waals surface area contributed by atoms with Crippen LogP contribution in [0.5, 0.6) is 5.75 Å². The summed E-state index contributed by atoms with van der Waals surface area (Å²) in [7, 11) is 0. The fraction of sp³-hybridized carbons (Fsp3) is 0.400. The van der Waals surface area contributed by atoms with E-state index >= 15 is 0 Å². The third-order valence-corrected chi connectivity index (χ3v) is 6.25. The number of rotatable bonds is 5. The third-order valence-electron chi connectivity index (χ3n) is 6.25. The monoisotopic (exact) mass is 414 g/mol. The second-order valence-electron chi connectivity index (χ2n) is 8.38. The zero-order valence-electron chi connectivity index (χ0n) is 17.5. The van der Waals surface area contributed by atoms with Gasteiger partial charge >= 0.3 is 0 Å². The molecule has 3 heterocycles. The molecule has 0 N–H and O–H groups in total. The van der Waals surface area contributed by atoms with Gasteiger partial charge in [-0.2, -0.15) is 10.4 Å². The van der Waals surface area contributed by atoms with Crippen molar-refractivity contribution < 1.29 is 9.47 Å². The molecule has 1 aliphatic carbocycles. The summed E-state index contributed by atoms with van der Waals surface area (Å²) in [5.41, 5.74) is 5.22. The maximum Gasteiger partial charge on any atom is 0.150 e. The lowest BCUT2D eigenvalue weighted by atomic mass is 9.83. The lowest BCUT2D eigenvalue weighted by molar-refractivity contribution is -0.0384. The first-order chi connectivity index (χ1) is 15.3. The highest BCUT2D eigenvalue weighted by Gasteiger charge is 2.21. The first kappa shape index (κ1) is 19.8. The van der Waals surface area contributed by atoms with Crippen molar-refractivity contribution in [3.63, 3.8) is 0 Å². The van der Waals surface area contributed by atoms with Gasteiger partial charge in [-0.1, -0.05) is 6.07 Å². The number of hydrogen-bond donors (Lipinski definition) is 0. The summed E-state index contributed by atoms with van der Waals surface area (Å²) >= 11 is 0. The second kappa shape index (κ2) is 8.91. The van der Waals surface area contributed by atoms with Crippen molar-refractivity contribution in [2.24, 2.45) is 5.92 Å². The first-order valence-electron chi connectivity index (χ1n) is 11.1. The molecule has 0 bridgehead atoms. The van der Waals surface area contributed by atoms with E-state index in [1.807, 2.05) is 35.0 Å². The SMILES string of the molecule is N#Cc1ccc2c(c1)CC(COc1ccc(-c3ccnn3C3CCCCO3)nc1)CC2. The van der Waals surface area contributed by atoms with Crippen LogP contribution in [0.15, 0.2) is 48.8 Å². The molecule has 1 aromatic carbocycles. The van der Waals surface area contributed by atoms with Gasteiger partial charge in [0.05, 0.1) is 35.8 Å². The number of aryl methyl sites for hydroxylation is 1. The van der Waals surface area contributed by atoms with E-state index in [0.717, 1.165) is 67.8 Å². The average Bonchev–Trinajstić information content (AvgIpc) is 3.33. The molecule has 6 nitrogen and oxygen atoms in total. The maximum absolute atomic E-state index is 9.15. The molecule has 1 saturated heterocycles. The van der Waals surface area contributed by atoms with Crippen LogP contribution < -0.4 is 4.74 Å². The summed E-state index contributed by atoms with van der Waals surface area (Å²) in [4.78, 5) is 4.62. The molecular formula is C25H26N4O2. The molecule has 2 aromatic heterocycles. The van der Waals surface area contributed by atoms with Crippen LogP contribution in [0.1, 0.15) is 48.6 Å². The standard InChI is InChI=1S/C25H26N4O2/c26-15-18-4-6-20-7-5-19(14-21(20)13-18)17-31-22-8-9-23(27-16-22)24-10-11-28-29(24)25-3-1-2-12-30-25/h4,6,8-11,13,16,19,25H,1-3,5,7,12,14,17H2. The van der Waals surface area contributed by atoms with Crippen molar-refractivity contribution >= 4 is 0 Å². The van der Waals surface area contributed by atoms with Crippen LogP contribution in [0.4, 0.5) is 0 Å².